The fourth-order valence-corrected chi connectivity index (χ4v) is 1.86. The minimum absolute atomic E-state index is 0.170. The Bertz CT molecular complexity index is 572. The molecule has 0 aliphatic carbocycles. The van der Waals surface area contributed by atoms with Crippen LogP contribution in [0.25, 0.3) is 0 Å². The lowest BCUT2D eigenvalue weighted by atomic mass is 10.2. The van der Waals surface area contributed by atoms with Gasteiger partial charge in [0.25, 0.3) is 5.91 Å². The van der Waals surface area contributed by atoms with Crippen molar-refractivity contribution < 1.29 is 4.79 Å². The second-order valence-electron chi connectivity index (χ2n) is 4.31. The van der Waals surface area contributed by atoms with Gasteiger partial charge in [-0.25, -0.2) is 0 Å². The second-order valence-corrected chi connectivity index (χ2v) is 4.31. The first-order chi connectivity index (χ1) is 8.60. The number of anilines is 1. The van der Waals surface area contributed by atoms with Gasteiger partial charge >= 0.3 is 0 Å². The summed E-state index contributed by atoms with van der Waals surface area (Å²) in [5, 5.41) is 7.10. The number of carbonyl (C=O) groups excluding carboxylic acids is 1. The van der Waals surface area contributed by atoms with Gasteiger partial charge in [-0.3, -0.25) is 9.48 Å². The molecule has 94 valence electrons. The third kappa shape index (κ3) is 2.59. The molecule has 0 bridgehead atoms. The summed E-state index contributed by atoms with van der Waals surface area (Å²) in [5.74, 6) is -0.170. The van der Waals surface area contributed by atoms with E-state index in [1.54, 1.807) is 6.07 Å². The normalized spacial score (nSPS) is 10.4. The van der Waals surface area contributed by atoms with Crippen LogP contribution in [0.15, 0.2) is 30.3 Å². The van der Waals surface area contributed by atoms with Crippen LogP contribution < -0.4 is 5.32 Å². The highest BCUT2D eigenvalue weighted by atomic mass is 16.1. The topological polar surface area (TPSA) is 46.9 Å². The van der Waals surface area contributed by atoms with E-state index in [1.165, 1.54) is 0 Å². The first-order valence-electron chi connectivity index (χ1n) is 6.02. The summed E-state index contributed by atoms with van der Waals surface area (Å²) in [5.41, 5.74) is 3.36. The Morgan fingerprint density at radius 3 is 2.72 bits per heavy atom. The number of hydrogen-bond donors (Lipinski definition) is 1. The number of rotatable bonds is 3. The summed E-state index contributed by atoms with van der Waals surface area (Å²) in [4.78, 5) is 12.0. The molecule has 0 unspecified atom stereocenters. The Hall–Kier alpha value is -2.10. The van der Waals surface area contributed by atoms with Crippen LogP contribution in [0.1, 0.15) is 28.7 Å². The minimum Gasteiger partial charge on any atom is -0.321 e. The molecule has 1 aromatic carbocycles. The largest absolute Gasteiger partial charge is 0.321 e. The molecule has 0 aliphatic heterocycles. The number of carbonyl (C=O) groups is 1. The highest BCUT2D eigenvalue weighted by Gasteiger charge is 2.11. The summed E-state index contributed by atoms with van der Waals surface area (Å²) in [6.45, 7) is 6.71. The molecule has 0 saturated heterocycles. The molecule has 0 atom stereocenters. The average Bonchev–Trinajstić information content (AvgIpc) is 2.70. The molecule has 4 nitrogen and oxygen atoms in total. The van der Waals surface area contributed by atoms with Crippen molar-refractivity contribution in [1.82, 2.24) is 9.78 Å². The van der Waals surface area contributed by atoms with E-state index in [-0.39, 0.29) is 5.91 Å². The molecule has 2 aromatic rings. The lowest BCUT2D eigenvalue weighted by Crippen LogP contribution is -2.13. The molecule has 1 N–H and O–H groups in total. The van der Waals surface area contributed by atoms with Gasteiger partial charge in [-0.05, 0) is 44.5 Å². The molecule has 18 heavy (non-hydrogen) atoms. The lowest BCUT2D eigenvalue weighted by molar-refractivity contribution is 0.102. The van der Waals surface area contributed by atoms with Crippen molar-refractivity contribution in [2.75, 3.05) is 5.32 Å². The van der Waals surface area contributed by atoms with Gasteiger partial charge in [0.1, 0.15) is 0 Å². The van der Waals surface area contributed by atoms with Crippen LogP contribution in [-0.4, -0.2) is 15.7 Å². The number of benzene rings is 1. The lowest BCUT2D eigenvalue weighted by Gasteiger charge is -2.03. The monoisotopic (exact) mass is 243 g/mol. The molecule has 0 spiro atoms. The van der Waals surface area contributed by atoms with Gasteiger partial charge in [0.15, 0.2) is 5.69 Å². The molecule has 4 heteroatoms. The zero-order valence-electron chi connectivity index (χ0n) is 10.9. The number of hydrogen-bond acceptors (Lipinski definition) is 2. The van der Waals surface area contributed by atoms with E-state index >= 15 is 0 Å². The van der Waals surface area contributed by atoms with Crippen molar-refractivity contribution in [3.05, 3.63) is 47.3 Å². The fraction of sp³-hybridized carbons (Fsp3) is 0.286. The van der Waals surface area contributed by atoms with Crippen molar-refractivity contribution in [3.8, 4) is 0 Å². The second kappa shape index (κ2) is 5.04. The molecular formula is C14H17N3O. The van der Waals surface area contributed by atoms with E-state index in [2.05, 4.69) is 10.4 Å². The van der Waals surface area contributed by atoms with Crippen LogP contribution in [0, 0.1) is 13.8 Å². The van der Waals surface area contributed by atoms with Gasteiger partial charge in [0.2, 0.25) is 0 Å². The SMILES string of the molecule is CCn1nc(C(=O)Nc2cccc(C)c2)cc1C. The maximum Gasteiger partial charge on any atom is 0.276 e. The summed E-state index contributed by atoms with van der Waals surface area (Å²) in [6.07, 6.45) is 0. The van der Waals surface area contributed by atoms with Gasteiger partial charge in [-0.15, -0.1) is 0 Å². The van der Waals surface area contributed by atoms with Crippen molar-refractivity contribution in [2.24, 2.45) is 0 Å². The quantitative estimate of drug-likeness (QED) is 0.901. The zero-order valence-corrected chi connectivity index (χ0v) is 10.9. The maximum absolute atomic E-state index is 12.0. The number of amides is 1. The first kappa shape index (κ1) is 12.4. The number of aryl methyl sites for hydroxylation is 3. The average molecular weight is 243 g/mol. The zero-order chi connectivity index (χ0) is 13.1. The molecule has 0 aliphatic rings. The standard InChI is InChI=1S/C14H17N3O/c1-4-17-11(3)9-13(16-17)14(18)15-12-7-5-6-10(2)8-12/h5-9H,4H2,1-3H3,(H,15,18). The fourth-order valence-electron chi connectivity index (χ4n) is 1.86. The highest BCUT2D eigenvalue weighted by molar-refractivity contribution is 6.02. The van der Waals surface area contributed by atoms with Crippen LogP contribution >= 0.6 is 0 Å². The first-order valence-corrected chi connectivity index (χ1v) is 6.02. The van der Waals surface area contributed by atoms with Gasteiger partial charge < -0.3 is 5.32 Å². The predicted molar refractivity (Wildman–Crippen MR) is 71.8 cm³/mol. The third-order valence-electron chi connectivity index (χ3n) is 2.79. The molecule has 0 fully saturated rings. The highest BCUT2D eigenvalue weighted by Crippen LogP contribution is 2.11. The Morgan fingerprint density at radius 1 is 1.33 bits per heavy atom. The molecule has 2 rings (SSSR count). The van der Waals surface area contributed by atoms with E-state index in [4.69, 9.17) is 0 Å². The van der Waals surface area contributed by atoms with Crippen LogP contribution in [0.3, 0.4) is 0 Å². The molecular weight excluding hydrogens is 226 g/mol. The maximum atomic E-state index is 12.0. The van der Waals surface area contributed by atoms with Gasteiger partial charge in [0, 0.05) is 17.9 Å². The Balaban J connectivity index is 2.16. The summed E-state index contributed by atoms with van der Waals surface area (Å²) < 4.78 is 1.81. The van der Waals surface area contributed by atoms with Crippen molar-refractivity contribution in [1.29, 1.82) is 0 Å². The Morgan fingerprint density at radius 2 is 2.11 bits per heavy atom. The van der Waals surface area contributed by atoms with Gasteiger partial charge in [-0.1, -0.05) is 12.1 Å². The van der Waals surface area contributed by atoms with E-state index in [0.717, 1.165) is 23.5 Å². The van der Waals surface area contributed by atoms with Crippen LogP contribution in [0.4, 0.5) is 5.69 Å². The molecule has 0 saturated carbocycles. The molecule has 1 heterocycles. The number of aromatic nitrogens is 2. The van der Waals surface area contributed by atoms with Crippen LogP contribution in [0.5, 0.6) is 0 Å². The number of nitrogens with one attached hydrogen (secondary N) is 1. The van der Waals surface area contributed by atoms with Crippen molar-refractivity contribution in [3.63, 3.8) is 0 Å². The van der Waals surface area contributed by atoms with E-state index in [0.29, 0.717) is 5.69 Å². The third-order valence-corrected chi connectivity index (χ3v) is 2.79. The molecule has 1 aromatic heterocycles. The summed E-state index contributed by atoms with van der Waals surface area (Å²) >= 11 is 0. The Labute approximate surface area is 107 Å². The van der Waals surface area contributed by atoms with E-state index < -0.39 is 0 Å². The molecule has 0 radical (unpaired) electrons. The van der Waals surface area contributed by atoms with Crippen LogP contribution in [0.2, 0.25) is 0 Å². The summed E-state index contributed by atoms with van der Waals surface area (Å²) in [6, 6.07) is 9.51. The Kier molecular flexibility index (Phi) is 3.46. The number of nitrogens with zero attached hydrogens (tertiary/aromatic N) is 2. The minimum atomic E-state index is -0.170. The summed E-state index contributed by atoms with van der Waals surface area (Å²) in [7, 11) is 0. The predicted octanol–water partition coefficient (Wildman–Crippen LogP) is 2.77. The van der Waals surface area contributed by atoms with Crippen molar-refractivity contribution >= 4 is 11.6 Å². The van der Waals surface area contributed by atoms with Gasteiger partial charge in [0.05, 0.1) is 0 Å². The van der Waals surface area contributed by atoms with E-state index in [9.17, 15) is 4.79 Å². The van der Waals surface area contributed by atoms with Crippen molar-refractivity contribution in [2.45, 2.75) is 27.3 Å². The van der Waals surface area contributed by atoms with Gasteiger partial charge in [-0.2, -0.15) is 5.10 Å². The molecule has 1 amide bonds. The smallest absolute Gasteiger partial charge is 0.276 e. The van der Waals surface area contributed by atoms with Crippen LogP contribution in [-0.2, 0) is 6.54 Å². The van der Waals surface area contributed by atoms with E-state index in [1.807, 2.05) is 49.7 Å².